The third kappa shape index (κ3) is 5.40. The lowest BCUT2D eigenvalue weighted by Crippen LogP contribution is -2.35. The minimum absolute atomic E-state index is 0.273. The van der Waals surface area contributed by atoms with Crippen LogP contribution >= 0.6 is 0 Å². The molecule has 0 aromatic carbocycles. The van der Waals surface area contributed by atoms with Crippen LogP contribution in [0.2, 0.25) is 0 Å². The highest BCUT2D eigenvalue weighted by atomic mass is 32.2. The van der Waals surface area contributed by atoms with E-state index in [1.807, 2.05) is 39.0 Å². The summed E-state index contributed by atoms with van der Waals surface area (Å²) >= 11 is 0. The molecule has 6 heteroatoms. The van der Waals surface area contributed by atoms with Crippen molar-refractivity contribution in [2.75, 3.05) is 18.8 Å². The van der Waals surface area contributed by atoms with Gasteiger partial charge in [-0.3, -0.25) is 9.19 Å². The van der Waals surface area contributed by atoms with Gasteiger partial charge in [-0.1, -0.05) is 6.07 Å². The van der Waals surface area contributed by atoms with Crippen LogP contribution in [0, 0.1) is 5.92 Å². The van der Waals surface area contributed by atoms with Crippen molar-refractivity contribution < 1.29 is 13.7 Å². The third-order valence-corrected chi connectivity index (χ3v) is 4.86. The van der Waals surface area contributed by atoms with Gasteiger partial charge in [0.1, 0.15) is 5.60 Å². The van der Waals surface area contributed by atoms with Crippen molar-refractivity contribution in [1.82, 2.24) is 9.88 Å². The predicted molar refractivity (Wildman–Crippen MR) is 86.9 cm³/mol. The fourth-order valence-electron chi connectivity index (χ4n) is 2.43. The molecule has 0 aliphatic carbocycles. The van der Waals surface area contributed by atoms with E-state index in [-0.39, 0.29) is 12.0 Å². The second-order valence-electron chi connectivity index (χ2n) is 6.65. The van der Waals surface area contributed by atoms with E-state index >= 15 is 0 Å². The average Bonchev–Trinajstić information content (AvgIpc) is 2.86. The van der Waals surface area contributed by atoms with E-state index in [4.69, 9.17) is 4.74 Å². The van der Waals surface area contributed by atoms with Crippen molar-refractivity contribution in [2.45, 2.75) is 38.5 Å². The fourth-order valence-corrected chi connectivity index (χ4v) is 3.85. The minimum atomic E-state index is -0.949. The molecule has 0 spiro atoms. The van der Waals surface area contributed by atoms with Crippen molar-refractivity contribution in [1.29, 1.82) is 0 Å². The largest absolute Gasteiger partial charge is 0.444 e. The van der Waals surface area contributed by atoms with Crippen LogP contribution in [-0.4, -0.2) is 44.6 Å². The lowest BCUT2D eigenvalue weighted by atomic mass is 10.2. The molecule has 122 valence electrons. The molecule has 22 heavy (non-hydrogen) atoms. The smallest absolute Gasteiger partial charge is 0.410 e. The van der Waals surface area contributed by atoms with Crippen LogP contribution in [-0.2, 0) is 21.3 Å². The molecule has 0 bridgehead atoms. The number of ether oxygens (including phenoxy) is 1. The van der Waals surface area contributed by atoms with Gasteiger partial charge in [0.2, 0.25) is 0 Å². The summed E-state index contributed by atoms with van der Waals surface area (Å²) in [6, 6.07) is 5.64. The molecule has 0 unspecified atom stereocenters. The van der Waals surface area contributed by atoms with Crippen LogP contribution in [0.25, 0.3) is 0 Å². The molecule has 1 aromatic heterocycles. The van der Waals surface area contributed by atoms with Crippen LogP contribution in [0.5, 0.6) is 0 Å². The topological polar surface area (TPSA) is 59.5 Å². The first-order valence-electron chi connectivity index (χ1n) is 7.56. The van der Waals surface area contributed by atoms with E-state index in [2.05, 4.69) is 4.98 Å². The van der Waals surface area contributed by atoms with Gasteiger partial charge in [0.25, 0.3) is 0 Å². The van der Waals surface area contributed by atoms with Crippen molar-refractivity contribution in [3.63, 3.8) is 0 Å². The van der Waals surface area contributed by atoms with Gasteiger partial charge < -0.3 is 9.64 Å². The third-order valence-electron chi connectivity index (χ3n) is 3.39. The molecule has 1 aliphatic rings. The van der Waals surface area contributed by atoms with Gasteiger partial charge in [0, 0.05) is 35.8 Å². The summed E-state index contributed by atoms with van der Waals surface area (Å²) in [5, 5.41) is 0. The highest BCUT2D eigenvalue weighted by Crippen LogP contribution is 2.20. The second-order valence-corrected chi connectivity index (χ2v) is 8.15. The first-order chi connectivity index (χ1) is 10.3. The summed E-state index contributed by atoms with van der Waals surface area (Å²) in [5.74, 6) is 1.36. The summed E-state index contributed by atoms with van der Waals surface area (Å²) in [6.07, 6.45) is 2.32. The lowest BCUT2D eigenvalue weighted by molar-refractivity contribution is 0.0289. The predicted octanol–water partition coefficient (Wildman–Crippen LogP) is 2.59. The van der Waals surface area contributed by atoms with E-state index in [1.165, 1.54) is 0 Å². The fraction of sp³-hybridized carbons (Fsp3) is 0.625. The van der Waals surface area contributed by atoms with Crippen LogP contribution in [0.15, 0.2) is 24.4 Å². The van der Waals surface area contributed by atoms with Crippen LogP contribution in [0.1, 0.15) is 32.9 Å². The zero-order valence-electron chi connectivity index (χ0n) is 13.4. The van der Waals surface area contributed by atoms with Crippen molar-refractivity contribution in [3.8, 4) is 0 Å². The molecule has 1 aliphatic heterocycles. The zero-order chi connectivity index (χ0) is 16.2. The molecule has 1 aromatic rings. The SMILES string of the molecule is CC(C)(C)OC(=O)N1CC[C@H](C[S@@](=O)Cc2ccccn2)C1. The highest BCUT2D eigenvalue weighted by Gasteiger charge is 2.30. The lowest BCUT2D eigenvalue weighted by Gasteiger charge is -2.24. The number of pyridine rings is 1. The Morgan fingerprint density at radius 2 is 2.23 bits per heavy atom. The van der Waals surface area contributed by atoms with Crippen molar-refractivity contribution >= 4 is 16.9 Å². The number of likely N-dealkylation sites (tertiary alicyclic amines) is 1. The van der Waals surface area contributed by atoms with Gasteiger partial charge >= 0.3 is 6.09 Å². The van der Waals surface area contributed by atoms with E-state index in [9.17, 15) is 9.00 Å². The number of carbonyl (C=O) groups is 1. The molecule has 0 radical (unpaired) electrons. The monoisotopic (exact) mass is 324 g/mol. The summed E-state index contributed by atoms with van der Waals surface area (Å²) in [5.41, 5.74) is 0.375. The van der Waals surface area contributed by atoms with E-state index in [0.717, 1.165) is 12.1 Å². The zero-order valence-corrected chi connectivity index (χ0v) is 14.3. The molecule has 1 amide bonds. The molecule has 2 rings (SSSR count). The number of aromatic nitrogens is 1. The maximum atomic E-state index is 12.2. The molecule has 0 saturated carbocycles. The Kier molecular flexibility index (Phi) is 5.56. The standard InChI is InChI=1S/C16H24N2O3S/c1-16(2,3)21-15(19)18-9-7-13(10-18)11-22(20)12-14-6-4-5-8-17-14/h4-6,8,13H,7,9-12H2,1-3H3/t13-,22+/m0/s1. The first-order valence-corrected chi connectivity index (χ1v) is 9.05. The van der Waals surface area contributed by atoms with Gasteiger partial charge in [-0.15, -0.1) is 0 Å². The molecular formula is C16H24N2O3S. The summed E-state index contributed by atoms with van der Waals surface area (Å²) in [4.78, 5) is 17.9. The van der Waals surface area contributed by atoms with Gasteiger partial charge in [-0.2, -0.15) is 0 Å². The Hall–Kier alpha value is -1.43. The normalized spacial score (nSPS) is 20.0. The van der Waals surface area contributed by atoms with E-state index in [0.29, 0.717) is 24.6 Å². The Balaban J connectivity index is 1.79. The maximum Gasteiger partial charge on any atom is 0.410 e. The molecular weight excluding hydrogens is 300 g/mol. The van der Waals surface area contributed by atoms with Crippen molar-refractivity contribution in [3.05, 3.63) is 30.1 Å². The Bertz CT molecular complexity index is 528. The highest BCUT2D eigenvalue weighted by molar-refractivity contribution is 7.84. The Morgan fingerprint density at radius 3 is 2.86 bits per heavy atom. The van der Waals surface area contributed by atoms with Gasteiger partial charge in [-0.05, 0) is 45.2 Å². The number of carbonyl (C=O) groups excluding carboxylic acids is 1. The molecule has 1 fully saturated rings. The van der Waals surface area contributed by atoms with Gasteiger partial charge in [0.05, 0.1) is 11.4 Å². The maximum absolute atomic E-state index is 12.2. The molecule has 2 atom stereocenters. The summed E-state index contributed by atoms with van der Waals surface area (Å²) in [7, 11) is -0.949. The van der Waals surface area contributed by atoms with Gasteiger partial charge in [0.15, 0.2) is 0 Å². The Morgan fingerprint density at radius 1 is 1.45 bits per heavy atom. The number of hydrogen-bond acceptors (Lipinski definition) is 4. The van der Waals surface area contributed by atoms with Crippen LogP contribution in [0.4, 0.5) is 4.79 Å². The first kappa shape index (κ1) is 16.9. The molecule has 5 nitrogen and oxygen atoms in total. The quantitative estimate of drug-likeness (QED) is 0.854. The second kappa shape index (κ2) is 7.22. The minimum Gasteiger partial charge on any atom is -0.444 e. The molecule has 0 N–H and O–H groups in total. The average molecular weight is 324 g/mol. The summed E-state index contributed by atoms with van der Waals surface area (Å²) in [6.45, 7) is 6.89. The summed E-state index contributed by atoms with van der Waals surface area (Å²) < 4.78 is 17.6. The van der Waals surface area contributed by atoms with Crippen LogP contribution < -0.4 is 0 Å². The number of amides is 1. The van der Waals surface area contributed by atoms with Crippen LogP contribution in [0.3, 0.4) is 0 Å². The molecule has 1 saturated heterocycles. The number of hydrogen-bond donors (Lipinski definition) is 0. The number of rotatable bonds is 4. The Labute approximate surface area is 134 Å². The number of nitrogens with zero attached hydrogens (tertiary/aromatic N) is 2. The van der Waals surface area contributed by atoms with Crippen molar-refractivity contribution in [2.24, 2.45) is 5.92 Å². The van der Waals surface area contributed by atoms with E-state index < -0.39 is 16.4 Å². The van der Waals surface area contributed by atoms with E-state index in [1.54, 1.807) is 11.1 Å². The van der Waals surface area contributed by atoms with Gasteiger partial charge in [-0.25, -0.2) is 4.79 Å². The molecule has 2 heterocycles.